The molecule has 0 spiro atoms. The Labute approximate surface area is 130 Å². The van der Waals surface area contributed by atoms with E-state index in [1.807, 2.05) is 12.1 Å². The second-order valence-corrected chi connectivity index (χ2v) is 5.79. The predicted octanol–water partition coefficient (Wildman–Crippen LogP) is 3.61. The Bertz CT molecular complexity index is 466. The molecular weight excluding hydrogens is 318 g/mol. The highest BCUT2D eigenvalue weighted by atomic mass is 79.9. The number of hydrogen-bond donors (Lipinski definition) is 1. The van der Waals surface area contributed by atoms with Crippen LogP contribution < -0.4 is 14.8 Å². The third kappa shape index (κ3) is 5.44. The van der Waals surface area contributed by atoms with Crippen molar-refractivity contribution in [2.75, 3.05) is 20.3 Å². The maximum atomic E-state index is 5.66. The van der Waals surface area contributed by atoms with Gasteiger partial charge in [-0.15, -0.1) is 12.3 Å². The average Bonchev–Trinajstić information content (AvgIpc) is 2.40. The van der Waals surface area contributed by atoms with Crippen LogP contribution >= 0.6 is 15.9 Å². The number of halogens is 1. The van der Waals surface area contributed by atoms with Gasteiger partial charge in [-0.3, -0.25) is 0 Å². The number of nitrogens with one attached hydrogen (secondary N) is 1. The van der Waals surface area contributed by atoms with Gasteiger partial charge < -0.3 is 14.8 Å². The molecule has 0 unspecified atom stereocenters. The molecule has 0 heterocycles. The van der Waals surface area contributed by atoms with Gasteiger partial charge in [-0.1, -0.05) is 13.8 Å². The molecule has 0 aromatic heterocycles. The second kappa shape index (κ2) is 8.89. The number of ether oxygens (including phenoxy) is 2. The summed E-state index contributed by atoms with van der Waals surface area (Å²) in [4.78, 5) is 0. The van der Waals surface area contributed by atoms with E-state index >= 15 is 0 Å². The van der Waals surface area contributed by atoms with E-state index < -0.39 is 0 Å². The van der Waals surface area contributed by atoms with E-state index in [1.165, 1.54) is 0 Å². The number of benzene rings is 1. The summed E-state index contributed by atoms with van der Waals surface area (Å²) in [5, 5.41) is 3.41. The fourth-order valence-corrected chi connectivity index (χ4v) is 2.34. The lowest BCUT2D eigenvalue weighted by Crippen LogP contribution is -2.19. The molecule has 3 nitrogen and oxygen atoms in total. The molecule has 0 bridgehead atoms. The molecule has 0 fully saturated rings. The molecule has 1 N–H and O–H groups in total. The van der Waals surface area contributed by atoms with Gasteiger partial charge in [-0.05, 0) is 46.1 Å². The van der Waals surface area contributed by atoms with E-state index in [0.29, 0.717) is 24.7 Å². The van der Waals surface area contributed by atoms with Gasteiger partial charge in [0.05, 0.1) is 18.2 Å². The fourth-order valence-electron chi connectivity index (χ4n) is 1.73. The molecule has 20 heavy (non-hydrogen) atoms. The van der Waals surface area contributed by atoms with Crippen LogP contribution in [0.2, 0.25) is 0 Å². The first-order valence-corrected chi connectivity index (χ1v) is 7.51. The van der Waals surface area contributed by atoms with Crippen molar-refractivity contribution in [3.63, 3.8) is 0 Å². The van der Waals surface area contributed by atoms with Gasteiger partial charge in [0.1, 0.15) is 0 Å². The van der Waals surface area contributed by atoms with Gasteiger partial charge in [0.25, 0.3) is 0 Å². The average molecular weight is 340 g/mol. The van der Waals surface area contributed by atoms with Gasteiger partial charge in [0.15, 0.2) is 11.5 Å². The van der Waals surface area contributed by atoms with Crippen LogP contribution in [0, 0.1) is 18.3 Å². The van der Waals surface area contributed by atoms with E-state index in [2.05, 4.69) is 41.0 Å². The summed E-state index contributed by atoms with van der Waals surface area (Å²) in [5.74, 6) is 4.61. The lowest BCUT2D eigenvalue weighted by atomic mass is 10.2. The standard InChI is InChI=1S/C16H22BrNO2/c1-5-6-7-20-16-14(17)8-13(9-15(16)19-4)11-18-10-12(2)3/h1,8-9,12,18H,6-7,10-11H2,2-4H3. The molecular formula is C16H22BrNO2. The number of terminal acetylenes is 1. The first-order valence-electron chi connectivity index (χ1n) is 6.71. The summed E-state index contributed by atoms with van der Waals surface area (Å²) in [6.07, 6.45) is 5.80. The van der Waals surface area contributed by atoms with Crippen molar-refractivity contribution in [3.05, 3.63) is 22.2 Å². The van der Waals surface area contributed by atoms with Crippen LogP contribution in [0.4, 0.5) is 0 Å². The van der Waals surface area contributed by atoms with Gasteiger partial charge in [0.2, 0.25) is 0 Å². The molecule has 0 radical (unpaired) electrons. The van der Waals surface area contributed by atoms with Crippen molar-refractivity contribution in [1.29, 1.82) is 0 Å². The van der Waals surface area contributed by atoms with Crippen LogP contribution in [0.3, 0.4) is 0 Å². The minimum Gasteiger partial charge on any atom is -0.493 e. The molecule has 0 atom stereocenters. The third-order valence-electron chi connectivity index (χ3n) is 2.66. The molecule has 1 aromatic carbocycles. The van der Waals surface area contributed by atoms with E-state index in [4.69, 9.17) is 15.9 Å². The second-order valence-electron chi connectivity index (χ2n) is 4.94. The summed E-state index contributed by atoms with van der Waals surface area (Å²) in [7, 11) is 1.64. The van der Waals surface area contributed by atoms with Crippen LogP contribution in [-0.4, -0.2) is 20.3 Å². The Kier molecular flexibility index (Phi) is 7.50. The molecule has 0 saturated heterocycles. The van der Waals surface area contributed by atoms with E-state index in [-0.39, 0.29) is 0 Å². The van der Waals surface area contributed by atoms with Crippen LogP contribution in [0.15, 0.2) is 16.6 Å². The van der Waals surface area contributed by atoms with E-state index in [0.717, 1.165) is 28.9 Å². The smallest absolute Gasteiger partial charge is 0.175 e. The molecule has 0 saturated carbocycles. The zero-order valence-electron chi connectivity index (χ0n) is 12.3. The Hall–Kier alpha value is -1.18. The van der Waals surface area contributed by atoms with Crippen molar-refractivity contribution in [2.45, 2.75) is 26.8 Å². The Balaban J connectivity index is 2.76. The van der Waals surface area contributed by atoms with Crippen molar-refractivity contribution in [3.8, 4) is 23.8 Å². The SMILES string of the molecule is C#CCCOc1c(Br)cc(CNCC(C)C)cc1OC. The number of rotatable bonds is 8. The Morgan fingerprint density at radius 2 is 2.15 bits per heavy atom. The van der Waals surface area contributed by atoms with E-state index in [9.17, 15) is 0 Å². The van der Waals surface area contributed by atoms with Crippen molar-refractivity contribution >= 4 is 15.9 Å². The minimum atomic E-state index is 0.483. The molecule has 0 aliphatic heterocycles. The number of hydrogen-bond acceptors (Lipinski definition) is 3. The first-order chi connectivity index (χ1) is 9.58. The van der Waals surface area contributed by atoms with E-state index in [1.54, 1.807) is 7.11 Å². The number of methoxy groups -OCH3 is 1. The summed E-state index contributed by atoms with van der Waals surface area (Å²) in [6.45, 7) is 6.65. The topological polar surface area (TPSA) is 30.5 Å². The van der Waals surface area contributed by atoms with Crippen molar-refractivity contribution < 1.29 is 9.47 Å². The fraction of sp³-hybridized carbons (Fsp3) is 0.500. The summed E-state index contributed by atoms with van der Waals surface area (Å²) < 4.78 is 11.9. The molecule has 0 aliphatic rings. The highest BCUT2D eigenvalue weighted by Crippen LogP contribution is 2.36. The van der Waals surface area contributed by atoms with Crippen LogP contribution in [-0.2, 0) is 6.54 Å². The van der Waals surface area contributed by atoms with Crippen LogP contribution in [0.5, 0.6) is 11.5 Å². The van der Waals surface area contributed by atoms with Crippen molar-refractivity contribution in [1.82, 2.24) is 5.32 Å². The summed E-state index contributed by atoms with van der Waals surface area (Å²) >= 11 is 3.53. The Morgan fingerprint density at radius 3 is 2.75 bits per heavy atom. The predicted molar refractivity (Wildman–Crippen MR) is 86.2 cm³/mol. The van der Waals surface area contributed by atoms with Gasteiger partial charge in [-0.25, -0.2) is 0 Å². The van der Waals surface area contributed by atoms with Crippen LogP contribution in [0.25, 0.3) is 0 Å². The largest absolute Gasteiger partial charge is 0.493 e. The van der Waals surface area contributed by atoms with Crippen LogP contribution in [0.1, 0.15) is 25.8 Å². The lowest BCUT2D eigenvalue weighted by molar-refractivity contribution is 0.299. The summed E-state index contributed by atoms with van der Waals surface area (Å²) in [5.41, 5.74) is 1.15. The highest BCUT2D eigenvalue weighted by molar-refractivity contribution is 9.10. The van der Waals surface area contributed by atoms with Gasteiger partial charge in [-0.2, -0.15) is 0 Å². The lowest BCUT2D eigenvalue weighted by Gasteiger charge is -2.14. The zero-order chi connectivity index (χ0) is 15.0. The monoisotopic (exact) mass is 339 g/mol. The third-order valence-corrected chi connectivity index (χ3v) is 3.25. The molecule has 110 valence electrons. The van der Waals surface area contributed by atoms with Crippen molar-refractivity contribution in [2.24, 2.45) is 5.92 Å². The molecule has 4 heteroatoms. The molecule has 1 aromatic rings. The maximum Gasteiger partial charge on any atom is 0.175 e. The normalized spacial score (nSPS) is 10.4. The maximum absolute atomic E-state index is 5.66. The van der Waals surface area contributed by atoms with Gasteiger partial charge >= 0.3 is 0 Å². The molecule has 1 rings (SSSR count). The first kappa shape index (κ1) is 16.9. The highest BCUT2D eigenvalue weighted by Gasteiger charge is 2.11. The Morgan fingerprint density at radius 1 is 1.40 bits per heavy atom. The van der Waals surface area contributed by atoms with Gasteiger partial charge in [0, 0.05) is 13.0 Å². The summed E-state index contributed by atoms with van der Waals surface area (Å²) in [6, 6.07) is 4.03. The quantitative estimate of drug-likeness (QED) is 0.579. The molecule has 0 aliphatic carbocycles. The zero-order valence-corrected chi connectivity index (χ0v) is 13.9. The minimum absolute atomic E-state index is 0.483. The molecule has 0 amide bonds.